The molecule has 1 aromatic carbocycles. The van der Waals surface area contributed by atoms with E-state index in [0.717, 1.165) is 31.4 Å². The van der Waals surface area contributed by atoms with Crippen LogP contribution in [-0.4, -0.2) is 34.5 Å². The highest BCUT2D eigenvalue weighted by atomic mass is 16.4. The first-order valence-electron chi connectivity index (χ1n) is 8.09. The molecule has 0 saturated carbocycles. The lowest BCUT2D eigenvalue weighted by atomic mass is 9.93. The minimum absolute atomic E-state index is 0.161. The summed E-state index contributed by atoms with van der Waals surface area (Å²) in [4.78, 5) is 25.5. The van der Waals surface area contributed by atoms with E-state index in [-0.39, 0.29) is 11.5 Å². The third-order valence-electron chi connectivity index (χ3n) is 4.25. The van der Waals surface area contributed by atoms with Gasteiger partial charge in [-0.3, -0.25) is 4.79 Å². The molecular weight excluding hydrogens is 278 g/mol. The molecule has 1 fully saturated rings. The minimum atomic E-state index is -0.939. The Bertz CT molecular complexity index is 522. The number of piperidine rings is 1. The summed E-state index contributed by atoms with van der Waals surface area (Å²) in [6.45, 7) is 5.24. The Morgan fingerprint density at radius 3 is 2.50 bits per heavy atom. The van der Waals surface area contributed by atoms with E-state index in [9.17, 15) is 9.59 Å². The number of amides is 1. The highest BCUT2D eigenvalue weighted by molar-refractivity contribution is 5.87. The van der Waals surface area contributed by atoms with Crippen molar-refractivity contribution in [1.82, 2.24) is 4.90 Å². The first-order chi connectivity index (χ1) is 10.5. The molecule has 0 aromatic heterocycles. The van der Waals surface area contributed by atoms with E-state index in [1.165, 1.54) is 6.42 Å². The molecule has 1 amide bonds. The minimum Gasteiger partial charge on any atom is -0.478 e. The van der Waals surface area contributed by atoms with Crippen molar-refractivity contribution in [3.63, 3.8) is 0 Å². The Morgan fingerprint density at radius 2 is 1.91 bits per heavy atom. The lowest BCUT2D eigenvalue weighted by molar-refractivity contribution is -0.134. The van der Waals surface area contributed by atoms with Crippen LogP contribution >= 0.6 is 0 Å². The van der Waals surface area contributed by atoms with Crippen molar-refractivity contribution in [2.45, 2.75) is 52.0 Å². The molecule has 0 bridgehead atoms. The Morgan fingerprint density at radius 1 is 1.23 bits per heavy atom. The van der Waals surface area contributed by atoms with Gasteiger partial charge in [0.05, 0.1) is 12.0 Å². The fourth-order valence-electron chi connectivity index (χ4n) is 3.16. The molecule has 22 heavy (non-hydrogen) atoms. The number of hydrogen-bond donors (Lipinski definition) is 1. The number of hydrogen-bond acceptors (Lipinski definition) is 2. The molecule has 1 saturated heterocycles. The zero-order chi connectivity index (χ0) is 16.1. The molecule has 1 aliphatic rings. The first kappa shape index (κ1) is 16.5. The molecule has 0 radical (unpaired) electrons. The van der Waals surface area contributed by atoms with Crippen LogP contribution in [0, 0.1) is 5.92 Å². The number of benzene rings is 1. The topological polar surface area (TPSA) is 57.6 Å². The van der Waals surface area contributed by atoms with Gasteiger partial charge in [0.1, 0.15) is 0 Å². The number of carbonyl (C=O) groups is 2. The van der Waals surface area contributed by atoms with Gasteiger partial charge < -0.3 is 10.0 Å². The summed E-state index contributed by atoms with van der Waals surface area (Å²) >= 11 is 0. The molecule has 120 valence electrons. The zero-order valence-electron chi connectivity index (χ0n) is 13.4. The summed E-state index contributed by atoms with van der Waals surface area (Å²) in [5.41, 5.74) is 1.13. The molecular formula is C18H25NO3. The summed E-state index contributed by atoms with van der Waals surface area (Å²) in [5, 5.41) is 8.90. The molecule has 1 N–H and O–H groups in total. The molecule has 1 atom stereocenters. The van der Waals surface area contributed by atoms with Gasteiger partial charge in [-0.25, -0.2) is 4.79 Å². The van der Waals surface area contributed by atoms with Crippen LogP contribution in [-0.2, 0) is 11.2 Å². The van der Waals surface area contributed by atoms with Gasteiger partial charge in [-0.15, -0.1) is 0 Å². The molecule has 1 aliphatic heterocycles. The second-order valence-electron chi connectivity index (χ2n) is 6.55. The Hall–Kier alpha value is -1.84. The lowest BCUT2D eigenvalue weighted by Gasteiger charge is -2.37. The third kappa shape index (κ3) is 4.33. The van der Waals surface area contributed by atoms with Gasteiger partial charge in [0.25, 0.3) is 0 Å². The average Bonchev–Trinajstić information content (AvgIpc) is 2.47. The number of carboxylic acid groups (broad SMARTS) is 1. The van der Waals surface area contributed by atoms with Crippen molar-refractivity contribution in [1.29, 1.82) is 0 Å². The van der Waals surface area contributed by atoms with Gasteiger partial charge in [0, 0.05) is 12.6 Å². The highest BCUT2D eigenvalue weighted by Gasteiger charge is 2.27. The maximum absolute atomic E-state index is 12.6. The molecule has 2 rings (SSSR count). The van der Waals surface area contributed by atoms with Crippen molar-refractivity contribution in [2.75, 3.05) is 6.54 Å². The molecule has 0 spiro atoms. The van der Waals surface area contributed by atoms with Gasteiger partial charge in [-0.05, 0) is 49.3 Å². The third-order valence-corrected chi connectivity index (χ3v) is 4.25. The van der Waals surface area contributed by atoms with Crippen LogP contribution in [0.15, 0.2) is 24.3 Å². The van der Waals surface area contributed by atoms with E-state index >= 15 is 0 Å². The quantitative estimate of drug-likeness (QED) is 0.907. The van der Waals surface area contributed by atoms with Crippen LogP contribution in [0.5, 0.6) is 0 Å². The van der Waals surface area contributed by atoms with E-state index in [2.05, 4.69) is 13.8 Å². The van der Waals surface area contributed by atoms with Crippen LogP contribution in [0.3, 0.4) is 0 Å². The van der Waals surface area contributed by atoms with E-state index in [0.29, 0.717) is 18.4 Å². The Balaban J connectivity index is 2.01. The van der Waals surface area contributed by atoms with E-state index in [1.54, 1.807) is 24.3 Å². The van der Waals surface area contributed by atoms with Crippen LogP contribution in [0.2, 0.25) is 0 Å². The maximum Gasteiger partial charge on any atom is 0.335 e. The zero-order valence-corrected chi connectivity index (χ0v) is 13.4. The molecule has 1 aromatic rings. The number of carbonyl (C=O) groups excluding carboxylic acids is 1. The summed E-state index contributed by atoms with van der Waals surface area (Å²) in [6.07, 6.45) is 4.80. The number of likely N-dealkylation sites (tertiary alicyclic amines) is 1. The largest absolute Gasteiger partial charge is 0.478 e. The van der Waals surface area contributed by atoms with Crippen molar-refractivity contribution >= 4 is 11.9 Å². The predicted molar refractivity (Wildman–Crippen MR) is 85.9 cm³/mol. The van der Waals surface area contributed by atoms with Crippen LogP contribution in [0.4, 0.5) is 0 Å². The average molecular weight is 303 g/mol. The van der Waals surface area contributed by atoms with Gasteiger partial charge in [-0.2, -0.15) is 0 Å². The van der Waals surface area contributed by atoms with E-state index < -0.39 is 5.97 Å². The van der Waals surface area contributed by atoms with E-state index in [1.807, 2.05) is 4.90 Å². The van der Waals surface area contributed by atoms with Gasteiger partial charge in [0.15, 0.2) is 0 Å². The fourth-order valence-corrected chi connectivity index (χ4v) is 3.16. The fraction of sp³-hybridized carbons (Fsp3) is 0.556. The predicted octanol–water partition coefficient (Wildman–Crippen LogP) is 3.35. The van der Waals surface area contributed by atoms with Gasteiger partial charge in [0.2, 0.25) is 5.91 Å². The van der Waals surface area contributed by atoms with Gasteiger partial charge in [-0.1, -0.05) is 26.0 Å². The molecule has 1 heterocycles. The number of carboxylic acids is 1. The van der Waals surface area contributed by atoms with Crippen molar-refractivity contribution in [3.8, 4) is 0 Å². The van der Waals surface area contributed by atoms with Crippen molar-refractivity contribution < 1.29 is 14.7 Å². The smallest absolute Gasteiger partial charge is 0.335 e. The maximum atomic E-state index is 12.6. The monoisotopic (exact) mass is 303 g/mol. The lowest BCUT2D eigenvalue weighted by Crippen LogP contribution is -2.45. The first-order valence-corrected chi connectivity index (χ1v) is 8.09. The number of rotatable bonds is 5. The second-order valence-corrected chi connectivity index (χ2v) is 6.55. The normalized spacial score (nSPS) is 18.5. The molecule has 4 heteroatoms. The second kappa shape index (κ2) is 7.43. The number of nitrogens with zero attached hydrogens (tertiary/aromatic N) is 1. The highest BCUT2D eigenvalue weighted by Crippen LogP contribution is 2.23. The van der Waals surface area contributed by atoms with Crippen molar-refractivity contribution in [3.05, 3.63) is 35.4 Å². The van der Waals surface area contributed by atoms with Crippen LogP contribution < -0.4 is 0 Å². The van der Waals surface area contributed by atoms with Crippen LogP contribution in [0.25, 0.3) is 0 Å². The summed E-state index contributed by atoms with van der Waals surface area (Å²) in [7, 11) is 0. The summed E-state index contributed by atoms with van der Waals surface area (Å²) in [6, 6.07) is 6.96. The Kier molecular flexibility index (Phi) is 5.58. The Labute approximate surface area is 132 Å². The van der Waals surface area contributed by atoms with Gasteiger partial charge >= 0.3 is 5.97 Å². The molecule has 1 unspecified atom stereocenters. The van der Waals surface area contributed by atoms with E-state index in [4.69, 9.17) is 5.11 Å². The summed E-state index contributed by atoms with van der Waals surface area (Å²) < 4.78 is 0. The van der Waals surface area contributed by atoms with Crippen molar-refractivity contribution in [2.24, 2.45) is 5.92 Å². The SMILES string of the molecule is CC(C)CC1CCCCN1C(=O)Cc1ccc(C(=O)O)cc1. The number of aromatic carboxylic acids is 1. The molecule has 4 nitrogen and oxygen atoms in total. The standard InChI is InChI=1S/C18H25NO3/c1-13(2)11-16-5-3-4-10-19(16)17(20)12-14-6-8-15(9-7-14)18(21)22/h6-9,13,16H,3-5,10-12H2,1-2H3,(H,21,22). The van der Waals surface area contributed by atoms with Crippen LogP contribution in [0.1, 0.15) is 55.5 Å². The molecule has 0 aliphatic carbocycles. The summed E-state index contributed by atoms with van der Waals surface area (Å²) in [5.74, 6) is -0.187.